The van der Waals surface area contributed by atoms with Crippen molar-refractivity contribution in [3.8, 4) is 67.7 Å². The maximum Gasteiger partial charge on any atom is 0.160 e. The Bertz CT molecular complexity index is 2060. The van der Waals surface area contributed by atoms with Gasteiger partial charge in [0.1, 0.15) is 11.5 Å². The Hall–Kier alpha value is -5.54. The summed E-state index contributed by atoms with van der Waals surface area (Å²) in [6.07, 6.45) is 0. The molecule has 0 amide bonds. The monoisotopic (exact) mass is 524 g/mol. The van der Waals surface area contributed by atoms with E-state index in [9.17, 15) is 0 Å². The Morgan fingerprint density at radius 2 is 1.02 bits per heavy atom. The van der Waals surface area contributed by atoms with Crippen molar-refractivity contribution in [3.05, 3.63) is 146 Å². The first kappa shape index (κ1) is 23.4. The van der Waals surface area contributed by atoms with E-state index < -0.39 is 0 Å². The average molecular weight is 525 g/mol. The van der Waals surface area contributed by atoms with Crippen LogP contribution in [0.15, 0.2) is 146 Å². The summed E-state index contributed by atoms with van der Waals surface area (Å²) in [5.74, 6) is 2.45. The van der Waals surface area contributed by atoms with E-state index in [1.54, 1.807) is 0 Å². The molecule has 6 aromatic carbocycles. The zero-order valence-corrected chi connectivity index (χ0v) is 22.2. The van der Waals surface area contributed by atoms with Crippen LogP contribution < -0.4 is 4.74 Å². The Labute approximate surface area is 238 Å². The number of aromatic nitrogens is 2. The molecule has 0 bridgehead atoms. The van der Waals surface area contributed by atoms with Crippen LogP contribution in [0.2, 0.25) is 0 Å². The molecule has 192 valence electrons. The lowest BCUT2D eigenvalue weighted by Crippen LogP contribution is -1.99. The number of nitrogens with zero attached hydrogens (tertiary/aromatic N) is 2. The van der Waals surface area contributed by atoms with Crippen molar-refractivity contribution in [2.45, 2.75) is 0 Å². The molecule has 3 heteroatoms. The zero-order chi connectivity index (χ0) is 27.2. The maximum absolute atomic E-state index is 6.35. The minimum atomic E-state index is 0.699. The number of benzene rings is 6. The first-order valence-corrected chi connectivity index (χ1v) is 13.7. The van der Waals surface area contributed by atoms with Crippen LogP contribution in [-0.4, -0.2) is 9.97 Å². The molecule has 0 saturated carbocycles. The summed E-state index contributed by atoms with van der Waals surface area (Å²) in [5.41, 5.74) is 9.37. The van der Waals surface area contributed by atoms with Crippen LogP contribution in [0.5, 0.6) is 11.5 Å². The van der Waals surface area contributed by atoms with Gasteiger partial charge in [0.25, 0.3) is 0 Å². The zero-order valence-electron chi connectivity index (χ0n) is 22.2. The normalized spacial score (nSPS) is 11.6. The van der Waals surface area contributed by atoms with Gasteiger partial charge in [0.15, 0.2) is 5.82 Å². The first-order valence-electron chi connectivity index (χ1n) is 13.7. The van der Waals surface area contributed by atoms with E-state index in [0.717, 1.165) is 56.1 Å². The smallest absolute Gasteiger partial charge is 0.160 e. The fourth-order valence-corrected chi connectivity index (χ4v) is 5.67. The Morgan fingerprint density at radius 3 is 1.80 bits per heavy atom. The topological polar surface area (TPSA) is 35.0 Å². The highest BCUT2D eigenvalue weighted by molar-refractivity contribution is 6.04. The summed E-state index contributed by atoms with van der Waals surface area (Å²) >= 11 is 0. The van der Waals surface area contributed by atoms with Gasteiger partial charge in [0.2, 0.25) is 0 Å². The van der Waals surface area contributed by atoms with Gasteiger partial charge in [-0.2, -0.15) is 0 Å². The van der Waals surface area contributed by atoms with Crippen LogP contribution in [0.25, 0.3) is 66.9 Å². The fourth-order valence-electron chi connectivity index (χ4n) is 5.67. The highest BCUT2D eigenvalue weighted by Gasteiger charge is 2.21. The Balaban J connectivity index is 1.30. The molecular weight excluding hydrogens is 500 g/mol. The van der Waals surface area contributed by atoms with Crippen LogP contribution in [0.3, 0.4) is 0 Å². The molecule has 0 unspecified atom stereocenters. The van der Waals surface area contributed by atoms with Crippen molar-refractivity contribution in [2.24, 2.45) is 0 Å². The summed E-state index contributed by atoms with van der Waals surface area (Å²) in [6.45, 7) is 0. The molecule has 2 heterocycles. The summed E-state index contributed by atoms with van der Waals surface area (Å²) in [7, 11) is 0. The van der Waals surface area contributed by atoms with Crippen LogP contribution in [0, 0.1) is 0 Å². The summed E-state index contributed by atoms with van der Waals surface area (Å²) in [6, 6.07) is 50.2. The molecule has 0 radical (unpaired) electrons. The molecule has 1 aromatic heterocycles. The predicted molar refractivity (Wildman–Crippen MR) is 167 cm³/mol. The Morgan fingerprint density at radius 1 is 0.390 bits per heavy atom. The molecule has 0 saturated heterocycles. The summed E-state index contributed by atoms with van der Waals surface area (Å²) in [4.78, 5) is 10.1. The lowest BCUT2D eigenvalue weighted by molar-refractivity contribution is 0.487. The number of rotatable bonds is 4. The van der Waals surface area contributed by atoms with E-state index >= 15 is 0 Å². The summed E-state index contributed by atoms with van der Waals surface area (Å²) in [5, 5.41) is 2.32. The molecule has 0 aliphatic carbocycles. The van der Waals surface area contributed by atoms with Gasteiger partial charge in [-0.15, -0.1) is 0 Å². The highest BCUT2D eigenvalue weighted by Crippen LogP contribution is 2.47. The Kier molecular flexibility index (Phi) is 5.46. The number of hydrogen-bond acceptors (Lipinski definition) is 3. The van der Waals surface area contributed by atoms with Gasteiger partial charge in [-0.1, -0.05) is 109 Å². The van der Waals surface area contributed by atoms with E-state index in [2.05, 4.69) is 109 Å². The lowest BCUT2D eigenvalue weighted by atomic mass is 9.93. The molecule has 7 aromatic rings. The third-order valence-electron chi connectivity index (χ3n) is 7.68. The van der Waals surface area contributed by atoms with Crippen molar-refractivity contribution in [1.82, 2.24) is 9.97 Å². The first-order chi connectivity index (χ1) is 20.3. The van der Waals surface area contributed by atoms with E-state index in [4.69, 9.17) is 14.7 Å². The van der Waals surface area contributed by atoms with Crippen molar-refractivity contribution >= 4 is 10.8 Å². The van der Waals surface area contributed by atoms with Crippen molar-refractivity contribution in [2.75, 3.05) is 0 Å². The summed E-state index contributed by atoms with van der Waals surface area (Å²) < 4.78 is 6.35. The van der Waals surface area contributed by atoms with Gasteiger partial charge < -0.3 is 4.74 Å². The minimum absolute atomic E-state index is 0.699. The molecule has 1 aliphatic rings. The highest BCUT2D eigenvalue weighted by atomic mass is 16.5. The number of ether oxygens (including phenoxy) is 1. The van der Waals surface area contributed by atoms with Crippen molar-refractivity contribution in [3.63, 3.8) is 0 Å². The van der Waals surface area contributed by atoms with Crippen molar-refractivity contribution in [1.29, 1.82) is 0 Å². The van der Waals surface area contributed by atoms with E-state index in [1.165, 1.54) is 16.5 Å². The number of fused-ring (bicyclic) bond motifs is 2. The molecule has 0 fully saturated rings. The molecule has 41 heavy (non-hydrogen) atoms. The second kappa shape index (κ2) is 9.58. The van der Waals surface area contributed by atoms with Crippen LogP contribution in [0.1, 0.15) is 0 Å². The SMILES string of the molecule is c1ccc(-c2cccc(-c3cc(-c4ccc5c(c4)-c4cccc6cccc(c46)O5)nc(-c4ccccc4)n3)c2)cc1. The lowest BCUT2D eigenvalue weighted by Gasteiger charge is -2.22. The van der Waals surface area contributed by atoms with Crippen molar-refractivity contribution < 1.29 is 4.74 Å². The van der Waals surface area contributed by atoms with Gasteiger partial charge >= 0.3 is 0 Å². The quantitative estimate of drug-likeness (QED) is 0.230. The second-order valence-corrected chi connectivity index (χ2v) is 10.2. The van der Waals surface area contributed by atoms with Gasteiger partial charge in [-0.3, -0.25) is 0 Å². The predicted octanol–water partition coefficient (Wildman–Crippen LogP) is 10.1. The van der Waals surface area contributed by atoms with E-state index in [-0.39, 0.29) is 0 Å². The molecule has 1 aliphatic heterocycles. The van der Waals surface area contributed by atoms with Crippen LogP contribution >= 0.6 is 0 Å². The van der Waals surface area contributed by atoms with Gasteiger partial charge in [-0.05, 0) is 58.5 Å². The molecule has 3 nitrogen and oxygen atoms in total. The van der Waals surface area contributed by atoms with Crippen LogP contribution in [0.4, 0.5) is 0 Å². The number of hydrogen-bond donors (Lipinski definition) is 0. The minimum Gasteiger partial charge on any atom is -0.456 e. The van der Waals surface area contributed by atoms with Gasteiger partial charge in [-0.25, -0.2) is 9.97 Å². The molecule has 0 N–H and O–H groups in total. The third-order valence-corrected chi connectivity index (χ3v) is 7.68. The molecule has 0 atom stereocenters. The maximum atomic E-state index is 6.35. The average Bonchev–Trinajstić information content (AvgIpc) is 3.05. The van der Waals surface area contributed by atoms with Gasteiger partial charge in [0.05, 0.1) is 11.4 Å². The van der Waals surface area contributed by atoms with E-state index in [1.807, 2.05) is 36.4 Å². The third kappa shape index (κ3) is 4.16. The molecule has 8 rings (SSSR count). The molecule has 0 spiro atoms. The van der Waals surface area contributed by atoms with E-state index in [0.29, 0.717) is 5.82 Å². The standard InChI is InChI=1S/C38H24N2O/c1-3-10-25(11-4-1)28-16-7-17-29(22-28)33-24-34(40-38(39-33)27-12-5-2-6-13-27)30-20-21-35-32(23-30)31-18-8-14-26-15-9-19-36(41-35)37(26)31/h1-24H. The fraction of sp³-hybridized carbons (Fsp3) is 0. The second-order valence-electron chi connectivity index (χ2n) is 10.2. The van der Waals surface area contributed by atoms with Crippen LogP contribution in [-0.2, 0) is 0 Å². The molecular formula is C38H24N2O. The largest absolute Gasteiger partial charge is 0.456 e. The van der Waals surface area contributed by atoms with Gasteiger partial charge in [0, 0.05) is 27.6 Å².